The number of phenols is 1. The number of nitrogens with zero attached hydrogens (tertiary/aromatic N) is 4. The van der Waals surface area contributed by atoms with Crippen LogP contribution in [0.3, 0.4) is 0 Å². The summed E-state index contributed by atoms with van der Waals surface area (Å²) in [6.07, 6.45) is -0.504. The van der Waals surface area contributed by atoms with Crippen LogP contribution in [0.15, 0.2) is 42.5 Å². The minimum absolute atomic E-state index is 0. The minimum atomic E-state index is -0.968. The summed E-state index contributed by atoms with van der Waals surface area (Å²) in [5, 5.41) is 21.9. The first-order valence-electron chi connectivity index (χ1n) is 12.5. The van der Waals surface area contributed by atoms with Crippen molar-refractivity contribution < 1.29 is 16.4 Å². The van der Waals surface area contributed by atoms with Gasteiger partial charge in [-0.1, -0.05) is 45.9 Å². The van der Waals surface area contributed by atoms with Crippen molar-refractivity contribution in [1.82, 2.24) is 14.9 Å². The maximum atomic E-state index is 13.0. The summed E-state index contributed by atoms with van der Waals surface area (Å²) in [4.78, 5) is 26.8. The maximum Gasteiger partial charge on any atom is 0.251 e. The second-order valence-corrected chi connectivity index (χ2v) is 10.3. The molecule has 0 saturated carbocycles. The first-order valence-corrected chi connectivity index (χ1v) is 12.5. The van der Waals surface area contributed by atoms with E-state index in [2.05, 4.69) is 30.9 Å². The number of fused-ring (bicyclic) bond motifs is 1. The predicted octanol–water partition coefficient (Wildman–Crippen LogP) is 4.64. The van der Waals surface area contributed by atoms with Crippen LogP contribution in [-0.2, 0) is 4.79 Å². The third-order valence-corrected chi connectivity index (χ3v) is 6.73. The largest absolute Gasteiger partial charge is 0.507 e. The van der Waals surface area contributed by atoms with Crippen molar-refractivity contribution in [3.63, 3.8) is 0 Å². The molecule has 0 aliphatic carbocycles. The van der Waals surface area contributed by atoms with Gasteiger partial charge in [-0.05, 0) is 55.0 Å². The molecular formula is C28H38N4O3. The second-order valence-electron chi connectivity index (χ2n) is 10.3. The van der Waals surface area contributed by atoms with E-state index in [-0.39, 0.29) is 31.0 Å². The summed E-state index contributed by atoms with van der Waals surface area (Å²) in [5.74, 6) is 1.73. The molecule has 2 atom stereocenters. The minimum Gasteiger partial charge on any atom is -0.507 e. The number of aliphatic hydroxyl groups excluding tert-OH is 1. The van der Waals surface area contributed by atoms with E-state index in [9.17, 15) is 15.0 Å². The molecule has 7 nitrogen and oxygen atoms in total. The average Bonchev–Trinajstić information content (AvgIpc) is 2.82. The topological polar surface area (TPSA) is 89.8 Å². The van der Waals surface area contributed by atoms with E-state index in [4.69, 9.17) is 9.97 Å². The molecule has 1 amide bonds. The first kappa shape index (κ1) is 24.9. The molecule has 2 N–H and O–H groups in total. The molecule has 35 heavy (non-hydrogen) atoms. The summed E-state index contributed by atoms with van der Waals surface area (Å²) in [5.41, 5.74) is 2.51. The van der Waals surface area contributed by atoms with Crippen molar-refractivity contribution >= 4 is 22.6 Å². The zero-order chi connectivity index (χ0) is 25.3. The van der Waals surface area contributed by atoms with E-state index in [1.807, 2.05) is 39.0 Å². The number of amides is 1. The fraction of sp³-hybridized carbons (Fsp3) is 0.464. The number of aliphatic hydroxyl groups is 1. The van der Waals surface area contributed by atoms with Gasteiger partial charge in [0.2, 0.25) is 0 Å². The van der Waals surface area contributed by atoms with Gasteiger partial charge in [0, 0.05) is 26.4 Å². The summed E-state index contributed by atoms with van der Waals surface area (Å²) in [7, 11) is 0. The molecule has 0 unspecified atom stereocenters. The SMILES string of the molecule is Cc1ccc2c(N3CCN(C(=O)[C@@H](O)CC(C)C)C[C@@H]3C(C)C)nc(-c3ccccc3O)nc2c1.[HH]. The molecule has 2 aromatic carbocycles. The number of benzene rings is 2. The molecule has 1 fully saturated rings. The van der Waals surface area contributed by atoms with Crippen LogP contribution in [0.5, 0.6) is 5.75 Å². The summed E-state index contributed by atoms with van der Waals surface area (Å²) in [6.45, 7) is 12.0. The third-order valence-electron chi connectivity index (χ3n) is 6.73. The molecule has 0 bridgehead atoms. The van der Waals surface area contributed by atoms with E-state index in [1.54, 1.807) is 17.0 Å². The lowest BCUT2D eigenvalue weighted by atomic mass is 9.97. The fourth-order valence-corrected chi connectivity index (χ4v) is 4.83. The Hall–Kier alpha value is -3.19. The molecule has 1 saturated heterocycles. The quantitative estimate of drug-likeness (QED) is 0.537. The summed E-state index contributed by atoms with van der Waals surface area (Å²) < 4.78 is 0. The van der Waals surface area contributed by atoms with Gasteiger partial charge in [-0.2, -0.15) is 0 Å². The van der Waals surface area contributed by atoms with Gasteiger partial charge in [0.1, 0.15) is 17.7 Å². The molecule has 1 aromatic heterocycles. The zero-order valence-electron chi connectivity index (χ0n) is 21.3. The Morgan fingerprint density at radius 2 is 1.86 bits per heavy atom. The number of hydrogen-bond acceptors (Lipinski definition) is 6. The van der Waals surface area contributed by atoms with Gasteiger partial charge in [0.05, 0.1) is 17.1 Å². The van der Waals surface area contributed by atoms with Crippen LogP contribution in [0.25, 0.3) is 22.3 Å². The lowest BCUT2D eigenvalue weighted by Gasteiger charge is -2.45. The molecule has 3 aromatic rings. The predicted molar refractivity (Wildman–Crippen MR) is 142 cm³/mol. The van der Waals surface area contributed by atoms with Gasteiger partial charge in [-0.15, -0.1) is 0 Å². The van der Waals surface area contributed by atoms with Gasteiger partial charge in [0.25, 0.3) is 5.91 Å². The maximum absolute atomic E-state index is 13.0. The number of phenolic OH excluding ortho intramolecular Hbond substituents is 1. The molecular weight excluding hydrogens is 440 g/mol. The van der Waals surface area contributed by atoms with Gasteiger partial charge >= 0.3 is 0 Å². The number of anilines is 1. The van der Waals surface area contributed by atoms with Crippen LogP contribution >= 0.6 is 0 Å². The van der Waals surface area contributed by atoms with Crippen LogP contribution in [0, 0.1) is 18.8 Å². The molecule has 0 spiro atoms. The lowest BCUT2D eigenvalue weighted by molar-refractivity contribution is -0.142. The van der Waals surface area contributed by atoms with Crippen LogP contribution in [0.4, 0.5) is 5.82 Å². The molecule has 1 aliphatic heterocycles. The van der Waals surface area contributed by atoms with Crippen molar-refractivity contribution in [2.45, 2.75) is 53.2 Å². The number of aromatic nitrogens is 2. The Morgan fingerprint density at radius 3 is 2.54 bits per heavy atom. The van der Waals surface area contributed by atoms with Crippen molar-refractivity contribution in [2.24, 2.45) is 11.8 Å². The lowest BCUT2D eigenvalue weighted by Crippen LogP contribution is -2.58. The van der Waals surface area contributed by atoms with Gasteiger partial charge in [0.15, 0.2) is 5.82 Å². The highest BCUT2D eigenvalue weighted by atomic mass is 16.3. The van der Waals surface area contributed by atoms with E-state index < -0.39 is 6.10 Å². The monoisotopic (exact) mass is 478 g/mol. The van der Waals surface area contributed by atoms with E-state index >= 15 is 0 Å². The Kier molecular flexibility index (Phi) is 7.26. The van der Waals surface area contributed by atoms with Gasteiger partial charge in [-0.3, -0.25) is 4.79 Å². The Morgan fingerprint density at radius 1 is 1.11 bits per heavy atom. The molecule has 188 valence electrons. The van der Waals surface area contributed by atoms with Crippen LogP contribution in [-0.4, -0.2) is 62.8 Å². The second kappa shape index (κ2) is 10.2. The number of aromatic hydroxyl groups is 1. The van der Waals surface area contributed by atoms with E-state index in [1.165, 1.54) is 0 Å². The van der Waals surface area contributed by atoms with Crippen molar-refractivity contribution in [1.29, 1.82) is 0 Å². The molecule has 7 heteroatoms. The third kappa shape index (κ3) is 5.25. The zero-order valence-corrected chi connectivity index (χ0v) is 21.3. The van der Waals surface area contributed by atoms with E-state index in [0.29, 0.717) is 37.4 Å². The smallest absolute Gasteiger partial charge is 0.251 e. The van der Waals surface area contributed by atoms with Crippen LogP contribution in [0.2, 0.25) is 0 Å². The number of carbonyl (C=O) groups excluding carboxylic acids is 1. The van der Waals surface area contributed by atoms with E-state index in [0.717, 1.165) is 22.3 Å². The normalized spacial score (nSPS) is 17.4. The average molecular weight is 479 g/mol. The standard InChI is InChI=1S/C28H36N4O3.H2/c1-17(2)14-25(34)28(35)31-12-13-32(23(16-31)18(3)4)27-20-11-10-19(5)15-22(20)29-26(30-27)21-8-6-7-9-24(21)33;/h6-11,15,17-18,23,25,33-34H,12-14,16H2,1-5H3;1H/t23-,25+;/m1./s1. The van der Waals surface area contributed by atoms with Crippen molar-refractivity contribution in [2.75, 3.05) is 24.5 Å². The van der Waals surface area contributed by atoms with Gasteiger partial charge in [-0.25, -0.2) is 9.97 Å². The molecule has 1 aliphatic rings. The fourth-order valence-electron chi connectivity index (χ4n) is 4.83. The summed E-state index contributed by atoms with van der Waals surface area (Å²) >= 11 is 0. The number of rotatable bonds is 6. The molecule has 4 rings (SSSR count). The van der Waals surface area contributed by atoms with Crippen molar-refractivity contribution in [3.05, 3.63) is 48.0 Å². The number of hydrogen-bond donors (Lipinski definition) is 2. The molecule has 0 radical (unpaired) electrons. The highest BCUT2D eigenvalue weighted by Gasteiger charge is 2.35. The van der Waals surface area contributed by atoms with Crippen molar-refractivity contribution in [3.8, 4) is 17.1 Å². The number of piperazine rings is 1. The Bertz CT molecular complexity index is 1220. The highest BCUT2D eigenvalue weighted by Crippen LogP contribution is 2.34. The van der Waals surface area contributed by atoms with Crippen LogP contribution < -0.4 is 4.90 Å². The number of aryl methyl sites for hydroxylation is 1. The Labute approximate surface area is 208 Å². The number of para-hydroxylation sites is 1. The highest BCUT2D eigenvalue weighted by molar-refractivity contribution is 5.92. The van der Waals surface area contributed by atoms with Gasteiger partial charge < -0.3 is 20.0 Å². The first-order chi connectivity index (χ1) is 16.7. The van der Waals surface area contributed by atoms with Crippen LogP contribution in [0.1, 0.15) is 41.1 Å². The Balaban J connectivity index is 0.00000361. The summed E-state index contributed by atoms with van der Waals surface area (Å²) in [6, 6.07) is 13.3. The molecule has 2 heterocycles. The number of carbonyl (C=O) groups is 1.